The summed E-state index contributed by atoms with van der Waals surface area (Å²) in [5, 5.41) is 3.88. The summed E-state index contributed by atoms with van der Waals surface area (Å²) in [5.41, 5.74) is 1.18. The Kier molecular flexibility index (Phi) is 10.7. The quantitative estimate of drug-likeness (QED) is 0.263. The van der Waals surface area contributed by atoms with Gasteiger partial charge < -0.3 is 10.2 Å². The monoisotopic (exact) mass is 637 g/mol. The Bertz CT molecular complexity index is 1470. The highest BCUT2D eigenvalue weighted by Crippen LogP contribution is 2.30. The topological polar surface area (TPSA) is 86.8 Å². The smallest absolute Gasteiger partial charge is 0.264 e. The van der Waals surface area contributed by atoms with Crippen LogP contribution in [0.2, 0.25) is 15.1 Å². The molecule has 0 aliphatic carbocycles. The van der Waals surface area contributed by atoms with Crippen LogP contribution in [0.1, 0.15) is 45.2 Å². The molecule has 3 aromatic rings. The van der Waals surface area contributed by atoms with Gasteiger partial charge in [-0.1, -0.05) is 71.6 Å². The average Bonchev–Trinajstić information content (AvgIpc) is 2.86. The molecule has 0 bridgehead atoms. The number of carbonyl (C=O) groups excluding carboxylic acids is 2. The van der Waals surface area contributed by atoms with Gasteiger partial charge in [-0.3, -0.25) is 13.9 Å². The van der Waals surface area contributed by atoms with Gasteiger partial charge in [-0.15, -0.1) is 0 Å². The molecule has 0 aliphatic heterocycles. The molecule has 220 valence electrons. The Hall–Kier alpha value is -2.78. The predicted octanol–water partition coefficient (Wildman–Crippen LogP) is 6.87. The Morgan fingerprint density at radius 2 is 1.44 bits per heavy atom. The van der Waals surface area contributed by atoms with E-state index in [0.717, 1.165) is 15.4 Å². The summed E-state index contributed by atoms with van der Waals surface area (Å²) in [7, 11) is -4.24. The van der Waals surface area contributed by atoms with E-state index in [2.05, 4.69) is 5.32 Å². The van der Waals surface area contributed by atoms with Crippen molar-refractivity contribution >= 4 is 62.3 Å². The van der Waals surface area contributed by atoms with Crippen molar-refractivity contribution in [2.45, 2.75) is 64.1 Å². The van der Waals surface area contributed by atoms with Gasteiger partial charge in [0.1, 0.15) is 12.6 Å². The van der Waals surface area contributed by atoms with E-state index < -0.39 is 34.1 Å². The molecule has 0 heterocycles. The largest absolute Gasteiger partial charge is 0.350 e. The van der Waals surface area contributed by atoms with E-state index in [1.165, 1.54) is 35.2 Å². The van der Waals surface area contributed by atoms with Crippen molar-refractivity contribution in [2.24, 2.45) is 0 Å². The fourth-order valence-electron chi connectivity index (χ4n) is 4.21. The molecule has 1 atom stereocenters. The molecule has 0 aliphatic rings. The summed E-state index contributed by atoms with van der Waals surface area (Å²) < 4.78 is 28.9. The van der Waals surface area contributed by atoms with E-state index in [0.29, 0.717) is 11.4 Å². The van der Waals surface area contributed by atoms with Crippen molar-refractivity contribution in [3.63, 3.8) is 0 Å². The van der Waals surface area contributed by atoms with Gasteiger partial charge in [-0.25, -0.2) is 8.42 Å². The summed E-state index contributed by atoms with van der Waals surface area (Å²) in [4.78, 5) is 28.9. The molecule has 0 fully saturated rings. The average molecular weight is 639 g/mol. The van der Waals surface area contributed by atoms with E-state index in [4.69, 9.17) is 34.8 Å². The van der Waals surface area contributed by atoms with Crippen LogP contribution in [0.25, 0.3) is 0 Å². The number of nitrogens with zero attached hydrogens (tertiary/aromatic N) is 2. The third-order valence-corrected chi connectivity index (χ3v) is 8.65. The van der Waals surface area contributed by atoms with Gasteiger partial charge in [0.25, 0.3) is 10.0 Å². The summed E-state index contributed by atoms with van der Waals surface area (Å²) in [6.45, 7) is 8.65. The molecule has 3 aromatic carbocycles. The fraction of sp³-hybridized carbons (Fsp3) is 0.333. The van der Waals surface area contributed by atoms with Crippen molar-refractivity contribution in [1.29, 1.82) is 0 Å². The number of halogens is 3. The molecule has 3 rings (SSSR count). The number of rotatable bonds is 10. The second-order valence-electron chi connectivity index (χ2n) is 10.8. The van der Waals surface area contributed by atoms with Crippen LogP contribution in [0.5, 0.6) is 0 Å². The Labute approximate surface area is 257 Å². The van der Waals surface area contributed by atoms with Crippen LogP contribution in [0.15, 0.2) is 71.6 Å². The highest BCUT2D eigenvalue weighted by atomic mass is 35.5. The van der Waals surface area contributed by atoms with Crippen LogP contribution in [0, 0.1) is 6.92 Å². The van der Waals surface area contributed by atoms with E-state index in [1.54, 1.807) is 43.3 Å². The first-order chi connectivity index (χ1) is 19.1. The normalized spacial score (nSPS) is 12.5. The molecule has 1 N–H and O–H groups in total. The van der Waals surface area contributed by atoms with E-state index in [9.17, 15) is 18.0 Å². The Morgan fingerprint density at radius 1 is 0.878 bits per heavy atom. The van der Waals surface area contributed by atoms with Gasteiger partial charge in [-0.05, 0) is 82.1 Å². The minimum Gasteiger partial charge on any atom is -0.350 e. The van der Waals surface area contributed by atoms with E-state index >= 15 is 0 Å². The zero-order valence-corrected chi connectivity index (χ0v) is 26.7. The maximum Gasteiger partial charge on any atom is 0.264 e. The van der Waals surface area contributed by atoms with Crippen LogP contribution in [-0.2, 0) is 26.2 Å². The van der Waals surface area contributed by atoms with E-state index in [1.807, 2.05) is 27.7 Å². The van der Waals surface area contributed by atoms with Crippen molar-refractivity contribution in [3.8, 4) is 0 Å². The molecule has 0 spiro atoms. The first kappa shape index (κ1) is 32.7. The van der Waals surface area contributed by atoms with Crippen LogP contribution >= 0.6 is 34.8 Å². The number of benzene rings is 3. The summed E-state index contributed by atoms with van der Waals surface area (Å²) in [5.74, 6) is -0.927. The molecule has 0 saturated carbocycles. The molecule has 0 saturated heterocycles. The third kappa shape index (κ3) is 8.85. The third-order valence-electron chi connectivity index (χ3n) is 6.17. The highest BCUT2D eigenvalue weighted by Gasteiger charge is 2.34. The molecule has 7 nitrogen and oxygen atoms in total. The number of hydrogen-bond acceptors (Lipinski definition) is 4. The number of carbonyl (C=O) groups is 2. The first-order valence-electron chi connectivity index (χ1n) is 13.0. The summed E-state index contributed by atoms with van der Waals surface area (Å²) in [6.07, 6.45) is 0.301. The zero-order valence-electron chi connectivity index (χ0n) is 23.6. The SMILES string of the molecule is CC[C@H](C(=O)NC(C)(C)C)N(Cc1ccc(Cl)cc1)C(=O)CN(c1cc(Cl)cc(Cl)c1)S(=O)(=O)c1ccc(C)cc1. The Morgan fingerprint density at radius 3 is 1.95 bits per heavy atom. The second-order valence-corrected chi connectivity index (χ2v) is 13.9. The summed E-state index contributed by atoms with van der Waals surface area (Å²) >= 11 is 18.5. The van der Waals surface area contributed by atoms with Crippen molar-refractivity contribution in [1.82, 2.24) is 10.2 Å². The minimum atomic E-state index is -4.24. The molecular weight excluding hydrogens is 605 g/mol. The van der Waals surface area contributed by atoms with Crippen molar-refractivity contribution in [2.75, 3.05) is 10.8 Å². The number of sulfonamides is 1. The van der Waals surface area contributed by atoms with Gasteiger partial charge >= 0.3 is 0 Å². The van der Waals surface area contributed by atoms with Crippen LogP contribution in [-0.4, -0.2) is 43.3 Å². The van der Waals surface area contributed by atoms with Crippen molar-refractivity contribution in [3.05, 3.63) is 92.9 Å². The standard InChI is InChI=1S/C30H34Cl3N3O4S/c1-6-27(29(38)34-30(3,4)5)35(18-21-9-11-22(31)12-10-21)28(37)19-36(25-16-23(32)15-24(33)17-25)41(39,40)26-13-7-20(2)8-14-26/h7-17,27H,6,18-19H2,1-5H3,(H,34,38)/t27-/m1/s1. The Balaban J connectivity index is 2.10. The summed E-state index contributed by atoms with van der Waals surface area (Å²) in [6, 6.07) is 16.7. The second kappa shape index (κ2) is 13.5. The van der Waals surface area contributed by atoms with Gasteiger partial charge in [-0.2, -0.15) is 0 Å². The number of amides is 2. The number of hydrogen-bond donors (Lipinski definition) is 1. The van der Waals surface area contributed by atoms with Gasteiger partial charge in [0.15, 0.2) is 0 Å². The lowest BCUT2D eigenvalue weighted by molar-refractivity contribution is -0.141. The zero-order chi connectivity index (χ0) is 30.5. The lowest BCUT2D eigenvalue weighted by atomic mass is 10.1. The molecule has 11 heteroatoms. The molecule has 41 heavy (non-hydrogen) atoms. The lowest BCUT2D eigenvalue weighted by Crippen LogP contribution is -2.55. The first-order valence-corrected chi connectivity index (χ1v) is 15.6. The molecule has 2 amide bonds. The van der Waals surface area contributed by atoms with Gasteiger partial charge in [0.05, 0.1) is 10.6 Å². The van der Waals surface area contributed by atoms with Crippen molar-refractivity contribution < 1.29 is 18.0 Å². The molecule has 0 aromatic heterocycles. The van der Waals surface area contributed by atoms with Crippen LogP contribution < -0.4 is 9.62 Å². The number of nitrogens with one attached hydrogen (secondary N) is 1. The van der Waals surface area contributed by atoms with Gasteiger partial charge in [0, 0.05) is 27.2 Å². The maximum absolute atomic E-state index is 14.1. The highest BCUT2D eigenvalue weighted by molar-refractivity contribution is 7.92. The number of anilines is 1. The van der Waals surface area contributed by atoms with Gasteiger partial charge in [0.2, 0.25) is 11.8 Å². The lowest BCUT2D eigenvalue weighted by Gasteiger charge is -2.34. The number of aryl methyl sites for hydroxylation is 1. The molecule has 0 unspecified atom stereocenters. The van der Waals surface area contributed by atoms with Crippen LogP contribution in [0.3, 0.4) is 0 Å². The molecular formula is C30H34Cl3N3O4S. The maximum atomic E-state index is 14.1. The van der Waals surface area contributed by atoms with E-state index in [-0.39, 0.29) is 33.1 Å². The minimum absolute atomic E-state index is 0.00577. The fourth-order valence-corrected chi connectivity index (χ4v) is 6.25. The predicted molar refractivity (Wildman–Crippen MR) is 166 cm³/mol. The molecule has 0 radical (unpaired) electrons. The van der Waals surface area contributed by atoms with Crippen LogP contribution in [0.4, 0.5) is 5.69 Å².